The van der Waals surface area contributed by atoms with Gasteiger partial charge < -0.3 is 10.0 Å². The standard InChI is InChI=1S/C15H25N3O/c1-4-18-10-6-7-13(18)11-17(3)15-14(12(2)19)8-5-9-16-15/h5,8-9,12-13,19H,4,6-7,10-11H2,1-3H3/t12-,13?/m1/s1. The van der Waals surface area contributed by atoms with Crippen molar-refractivity contribution in [2.45, 2.75) is 38.8 Å². The van der Waals surface area contributed by atoms with Crippen LogP contribution in [0.1, 0.15) is 38.4 Å². The molecule has 2 rings (SSSR count). The Morgan fingerprint density at radius 1 is 1.58 bits per heavy atom. The van der Waals surface area contributed by atoms with Gasteiger partial charge in [0, 0.05) is 31.4 Å². The molecule has 4 nitrogen and oxygen atoms in total. The lowest BCUT2D eigenvalue weighted by Gasteiger charge is -2.29. The zero-order valence-electron chi connectivity index (χ0n) is 12.2. The summed E-state index contributed by atoms with van der Waals surface area (Å²) in [6, 6.07) is 4.45. The maximum Gasteiger partial charge on any atom is 0.134 e. The highest BCUT2D eigenvalue weighted by Crippen LogP contribution is 2.25. The molecule has 0 radical (unpaired) electrons. The van der Waals surface area contributed by atoms with Gasteiger partial charge in [-0.3, -0.25) is 4.90 Å². The molecule has 0 saturated carbocycles. The Hall–Kier alpha value is -1.13. The Morgan fingerprint density at radius 2 is 2.37 bits per heavy atom. The minimum Gasteiger partial charge on any atom is -0.389 e. The number of anilines is 1. The number of likely N-dealkylation sites (N-methyl/N-ethyl adjacent to an activating group) is 2. The second kappa shape index (κ2) is 6.35. The second-order valence-corrected chi connectivity index (χ2v) is 5.40. The molecule has 4 heteroatoms. The van der Waals surface area contributed by atoms with Gasteiger partial charge in [-0.05, 0) is 38.9 Å². The highest BCUT2D eigenvalue weighted by molar-refractivity contribution is 5.47. The monoisotopic (exact) mass is 263 g/mol. The number of hydrogen-bond acceptors (Lipinski definition) is 4. The summed E-state index contributed by atoms with van der Waals surface area (Å²) < 4.78 is 0. The molecule has 0 spiro atoms. The lowest BCUT2D eigenvalue weighted by molar-refractivity contribution is 0.199. The Kier molecular flexibility index (Phi) is 4.77. The molecule has 0 aliphatic carbocycles. The maximum absolute atomic E-state index is 9.84. The summed E-state index contributed by atoms with van der Waals surface area (Å²) in [5, 5.41) is 9.84. The molecule has 1 aromatic rings. The summed E-state index contributed by atoms with van der Waals surface area (Å²) in [4.78, 5) is 9.15. The fraction of sp³-hybridized carbons (Fsp3) is 0.667. The molecular weight excluding hydrogens is 238 g/mol. The van der Waals surface area contributed by atoms with Gasteiger partial charge in [-0.15, -0.1) is 0 Å². The van der Waals surface area contributed by atoms with Crippen LogP contribution in [0.3, 0.4) is 0 Å². The van der Waals surface area contributed by atoms with Crippen molar-refractivity contribution >= 4 is 5.82 Å². The average molecular weight is 263 g/mol. The van der Waals surface area contributed by atoms with Crippen molar-refractivity contribution in [2.24, 2.45) is 0 Å². The minimum absolute atomic E-state index is 0.475. The van der Waals surface area contributed by atoms with Gasteiger partial charge in [0.25, 0.3) is 0 Å². The summed E-state index contributed by atoms with van der Waals surface area (Å²) in [6.07, 6.45) is 3.87. The van der Waals surface area contributed by atoms with Crippen molar-refractivity contribution in [3.63, 3.8) is 0 Å². The number of aromatic nitrogens is 1. The number of likely N-dealkylation sites (tertiary alicyclic amines) is 1. The molecule has 1 aromatic heterocycles. The van der Waals surface area contributed by atoms with Gasteiger partial charge in [0.2, 0.25) is 0 Å². The quantitative estimate of drug-likeness (QED) is 0.882. The third-order valence-corrected chi connectivity index (χ3v) is 4.02. The van der Waals surface area contributed by atoms with Crippen LogP contribution in [-0.4, -0.2) is 47.7 Å². The zero-order valence-corrected chi connectivity index (χ0v) is 12.2. The van der Waals surface area contributed by atoms with Gasteiger partial charge in [-0.1, -0.05) is 13.0 Å². The summed E-state index contributed by atoms with van der Waals surface area (Å²) >= 11 is 0. The fourth-order valence-corrected chi connectivity index (χ4v) is 2.98. The van der Waals surface area contributed by atoms with Gasteiger partial charge in [0.15, 0.2) is 0 Å². The molecule has 1 N–H and O–H groups in total. The number of nitrogens with zero attached hydrogens (tertiary/aromatic N) is 3. The van der Waals surface area contributed by atoms with Gasteiger partial charge in [-0.2, -0.15) is 0 Å². The summed E-state index contributed by atoms with van der Waals surface area (Å²) in [7, 11) is 2.07. The topological polar surface area (TPSA) is 39.6 Å². The molecule has 19 heavy (non-hydrogen) atoms. The van der Waals surface area contributed by atoms with Crippen LogP contribution in [0.4, 0.5) is 5.82 Å². The maximum atomic E-state index is 9.84. The number of hydrogen-bond donors (Lipinski definition) is 1. The molecule has 1 aliphatic heterocycles. The first kappa shape index (κ1) is 14.3. The highest BCUT2D eigenvalue weighted by atomic mass is 16.3. The fourth-order valence-electron chi connectivity index (χ4n) is 2.98. The number of pyridine rings is 1. The lowest BCUT2D eigenvalue weighted by Crippen LogP contribution is -2.39. The van der Waals surface area contributed by atoms with E-state index in [0.717, 1.165) is 24.5 Å². The van der Waals surface area contributed by atoms with Crippen molar-refractivity contribution in [2.75, 3.05) is 31.6 Å². The van der Waals surface area contributed by atoms with Crippen LogP contribution in [0.15, 0.2) is 18.3 Å². The number of aliphatic hydroxyl groups is 1. The smallest absolute Gasteiger partial charge is 0.134 e. The summed E-state index contributed by atoms with van der Waals surface area (Å²) in [6.45, 7) is 7.32. The van der Waals surface area contributed by atoms with Crippen LogP contribution in [0.2, 0.25) is 0 Å². The highest BCUT2D eigenvalue weighted by Gasteiger charge is 2.25. The van der Waals surface area contributed by atoms with E-state index >= 15 is 0 Å². The van der Waals surface area contributed by atoms with Crippen LogP contribution in [0, 0.1) is 0 Å². The van der Waals surface area contributed by atoms with Crippen molar-refractivity contribution in [3.8, 4) is 0 Å². The van der Waals surface area contributed by atoms with Gasteiger partial charge in [0.05, 0.1) is 6.10 Å². The Morgan fingerprint density at radius 3 is 3.05 bits per heavy atom. The van der Waals surface area contributed by atoms with E-state index in [-0.39, 0.29) is 0 Å². The lowest BCUT2D eigenvalue weighted by atomic mass is 10.1. The molecule has 1 saturated heterocycles. The van der Waals surface area contributed by atoms with Gasteiger partial charge in [-0.25, -0.2) is 4.98 Å². The number of aliphatic hydroxyl groups excluding tert-OH is 1. The van der Waals surface area contributed by atoms with Crippen molar-refractivity contribution < 1.29 is 5.11 Å². The van der Waals surface area contributed by atoms with Crippen LogP contribution in [0.25, 0.3) is 0 Å². The van der Waals surface area contributed by atoms with Gasteiger partial charge >= 0.3 is 0 Å². The van der Waals surface area contributed by atoms with E-state index in [1.807, 2.05) is 12.1 Å². The predicted molar refractivity (Wildman–Crippen MR) is 78.4 cm³/mol. The van der Waals surface area contributed by atoms with E-state index in [1.165, 1.54) is 19.4 Å². The van der Waals surface area contributed by atoms with E-state index in [4.69, 9.17) is 0 Å². The average Bonchev–Trinajstić information content (AvgIpc) is 2.85. The molecule has 1 fully saturated rings. The van der Waals surface area contributed by atoms with Crippen LogP contribution in [0.5, 0.6) is 0 Å². The summed E-state index contributed by atoms with van der Waals surface area (Å²) in [5.74, 6) is 0.903. The molecule has 0 amide bonds. The second-order valence-electron chi connectivity index (χ2n) is 5.40. The van der Waals surface area contributed by atoms with Gasteiger partial charge in [0.1, 0.15) is 5.82 Å². The molecule has 2 atom stereocenters. The van der Waals surface area contributed by atoms with Crippen LogP contribution >= 0.6 is 0 Å². The third-order valence-electron chi connectivity index (χ3n) is 4.02. The molecule has 0 aromatic carbocycles. The first-order chi connectivity index (χ1) is 9.13. The Balaban J connectivity index is 2.09. The van der Waals surface area contributed by atoms with Crippen molar-refractivity contribution in [1.29, 1.82) is 0 Å². The first-order valence-electron chi connectivity index (χ1n) is 7.21. The summed E-state index contributed by atoms with van der Waals surface area (Å²) in [5.41, 5.74) is 0.908. The van der Waals surface area contributed by atoms with Crippen LogP contribution in [-0.2, 0) is 0 Å². The minimum atomic E-state index is -0.475. The molecule has 2 heterocycles. The number of rotatable bonds is 5. The Bertz CT molecular complexity index is 408. The van der Waals surface area contributed by atoms with E-state index in [1.54, 1.807) is 13.1 Å². The first-order valence-corrected chi connectivity index (χ1v) is 7.21. The third kappa shape index (κ3) is 3.25. The predicted octanol–water partition coefficient (Wildman–Crippen LogP) is 2.06. The zero-order chi connectivity index (χ0) is 13.8. The van der Waals surface area contributed by atoms with Crippen molar-refractivity contribution in [3.05, 3.63) is 23.9 Å². The normalized spacial score (nSPS) is 21.6. The molecule has 1 unspecified atom stereocenters. The molecule has 0 bridgehead atoms. The molecule has 106 valence electrons. The molecular formula is C15H25N3O. The SMILES string of the molecule is CCN1CCCC1CN(C)c1ncccc1[C@@H](C)O. The van der Waals surface area contributed by atoms with E-state index in [9.17, 15) is 5.11 Å². The van der Waals surface area contributed by atoms with Crippen LogP contribution < -0.4 is 4.90 Å². The van der Waals surface area contributed by atoms with Crippen molar-refractivity contribution in [1.82, 2.24) is 9.88 Å². The van der Waals surface area contributed by atoms with E-state index in [2.05, 4.69) is 28.8 Å². The Labute approximate surface area is 116 Å². The largest absolute Gasteiger partial charge is 0.389 e. The van der Waals surface area contributed by atoms with E-state index in [0.29, 0.717) is 6.04 Å². The molecule has 1 aliphatic rings. The van der Waals surface area contributed by atoms with E-state index < -0.39 is 6.10 Å².